The van der Waals surface area contributed by atoms with Crippen LogP contribution in [0.4, 0.5) is 0 Å². The minimum atomic E-state index is -0.590. The van der Waals surface area contributed by atoms with Gasteiger partial charge >= 0.3 is 0 Å². The van der Waals surface area contributed by atoms with Crippen LogP contribution in [0.1, 0.15) is 19.3 Å². The van der Waals surface area contributed by atoms with E-state index in [4.69, 9.17) is 23.2 Å². The number of aliphatic hydroxyl groups is 1. The number of carbonyl (C=O) groups excluding carboxylic acids is 1. The fourth-order valence-electron chi connectivity index (χ4n) is 1.58. The molecule has 0 aromatic heterocycles. The SMILES string of the molecule is O=C1CCCC(O)C1C(Cl)CCl. The van der Waals surface area contributed by atoms with Gasteiger partial charge in [-0.25, -0.2) is 0 Å². The zero-order valence-electron chi connectivity index (χ0n) is 6.67. The quantitative estimate of drug-likeness (QED) is 0.703. The Morgan fingerprint density at radius 3 is 2.83 bits per heavy atom. The zero-order chi connectivity index (χ0) is 9.14. The summed E-state index contributed by atoms with van der Waals surface area (Å²) in [7, 11) is 0. The number of ketones is 1. The van der Waals surface area contributed by atoms with Gasteiger partial charge in [-0.05, 0) is 12.8 Å². The molecule has 1 aliphatic carbocycles. The van der Waals surface area contributed by atoms with Gasteiger partial charge in [0.25, 0.3) is 0 Å². The molecule has 0 aromatic carbocycles. The van der Waals surface area contributed by atoms with Gasteiger partial charge in [-0.3, -0.25) is 4.79 Å². The van der Waals surface area contributed by atoms with E-state index in [-0.39, 0.29) is 11.7 Å². The van der Waals surface area contributed by atoms with Crippen molar-refractivity contribution in [3.05, 3.63) is 0 Å². The lowest BCUT2D eigenvalue weighted by atomic mass is 9.83. The lowest BCUT2D eigenvalue weighted by Gasteiger charge is -2.28. The molecule has 0 bridgehead atoms. The van der Waals surface area contributed by atoms with Gasteiger partial charge < -0.3 is 5.11 Å². The minimum Gasteiger partial charge on any atom is -0.392 e. The second kappa shape index (κ2) is 4.45. The molecule has 1 saturated carbocycles. The van der Waals surface area contributed by atoms with Crippen LogP contribution in [0.15, 0.2) is 0 Å². The predicted molar refractivity (Wildman–Crippen MR) is 48.7 cm³/mol. The maximum Gasteiger partial charge on any atom is 0.140 e. The van der Waals surface area contributed by atoms with Crippen LogP contribution in [0.2, 0.25) is 0 Å². The molecule has 1 fully saturated rings. The molecular weight excluding hydrogens is 199 g/mol. The summed E-state index contributed by atoms with van der Waals surface area (Å²) in [6.07, 6.45) is 1.37. The zero-order valence-corrected chi connectivity index (χ0v) is 8.18. The summed E-state index contributed by atoms with van der Waals surface area (Å²) in [4.78, 5) is 11.3. The molecule has 70 valence electrons. The first kappa shape index (κ1) is 10.3. The first-order valence-corrected chi connectivity index (χ1v) is 5.04. The molecule has 0 saturated heterocycles. The topological polar surface area (TPSA) is 37.3 Å². The van der Waals surface area contributed by atoms with Gasteiger partial charge in [0.2, 0.25) is 0 Å². The summed E-state index contributed by atoms with van der Waals surface area (Å²) >= 11 is 11.3. The van der Waals surface area contributed by atoms with E-state index in [9.17, 15) is 9.90 Å². The fraction of sp³-hybridized carbons (Fsp3) is 0.875. The molecule has 1 aliphatic rings. The van der Waals surface area contributed by atoms with E-state index in [1.54, 1.807) is 0 Å². The van der Waals surface area contributed by atoms with E-state index in [0.29, 0.717) is 12.8 Å². The minimum absolute atomic E-state index is 0.0504. The Morgan fingerprint density at radius 1 is 1.67 bits per heavy atom. The van der Waals surface area contributed by atoms with Crippen molar-refractivity contribution in [3.63, 3.8) is 0 Å². The molecule has 1 N–H and O–H groups in total. The first-order chi connectivity index (χ1) is 5.66. The lowest BCUT2D eigenvalue weighted by Crippen LogP contribution is -2.39. The van der Waals surface area contributed by atoms with Gasteiger partial charge in [-0.15, -0.1) is 23.2 Å². The van der Waals surface area contributed by atoms with E-state index in [1.807, 2.05) is 0 Å². The van der Waals surface area contributed by atoms with Gasteiger partial charge in [-0.2, -0.15) is 0 Å². The van der Waals surface area contributed by atoms with Crippen molar-refractivity contribution in [2.45, 2.75) is 30.7 Å². The number of hydrogen-bond donors (Lipinski definition) is 1. The fourth-order valence-corrected chi connectivity index (χ4v) is 2.09. The van der Waals surface area contributed by atoms with E-state index < -0.39 is 17.4 Å². The molecule has 12 heavy (non-hydrogen) atoms. The number of Topliss-reactive ketones (excluding diaryl/α,β-unsaturated/α-hetero) is 1. The molecule has 1 rings (SSSR count). The summed E-state index contributed by atoms with van der Waals surface area (Å²) < 4.78 is 0. The summed E-state index contributed by atoms with van der Waals surface area (Å²) in [5.41, 5.74) is 0. The first-order valence-electron chi connectivity index (χ1n) is 4.07. The molecule has 0 spiro atoms. The molecule has 2 nitrogen and oxygen atoms in total. The lowest BCUT2D eigenvalue weighted by molar-refractivity contribution is -0.129. The van der Waals surface area contributed by atoms with Gasteiger partial charge in [0, 0.05) is 12.3 Å². The molecule has 4 heteroatoms. The van der Waals surface area contributed by atoms with Crippen LogP contribution < -0.4 is 0 Å². The smallest absolute Gasteiger partial charge is 0.140 e. The molecule has 3 atom stereocenters. The molecule has 0 aliphatic heterocycles. The maximum atomic E-state index is 11.3. The third kappa shape index (κ3) is 2.12. The van der Waals surface area contributed by atoms with E-state index in [1.165, 1.54) is 0 Å². The number of carbonyl (C=O) groups is 1. The van der Waals surface area contributed by atoms with Crippen molar-refractivity contribution in [1.29, 1.82) is 0 Å². The van der Waals surface area contributed by atoms with Crippen molar-refractivity contribution >= 4 is 29.0 Å². The van der Waals surface area contributed by atoms with Gasteiger partial charge in [0.15, 0.2) is 0 Å². The van der Waals surface area contributed by atoms with Crippen molar-refractivity contribution in [2.75, 3.05) is 5.88 Å². The van der Waals surface area contributed by atoms with Crippen LogP contribution in [0, 0.1) is 5.92 Å². The molecular formula is C8H12Cl2O2. The number of hydrogen-bond acceptors (Lipinski definition) is 2. The normalized spacial score (nSPS) is 33.4. The van der Waals surface area contributed by atoms with Crippen LogP contribution in [0.25, 0.3) is 0 Å². The van der Waals surface area contributed by atoms with Gasteiger partial charge in [0.05, 0.1) is 17.4 Å². The van der Waals surface area contributed by atoms with Crippen LogP contribution in [0.3, 0.4) is 0 Å². The number of aliphatic hydroxyl groups excluding tert-OH is 1. The Kier molecular flexibility index (Phi) is 3.81. The van der Waals surface area contributed by atoms with Gasteiger partial charge in [-0.1, -0.05) is 0 Å². The summed E-state index contributed by atoms with van der Waals surface area (Å²) in [6.45, 7) is 0. The van der Waals surface area contributed by atoms with E-state index >= 15 is 0 Å². The van der Waals surface area contributed by atoms with Crippen LogP contribution in [-0.4, -0.2) is 28.3 Å². The van der Waals surface area contributed by atoms with Crippen molar-refractivity contribution in [3.8, 4) is 0 Å². The number of halogens is 2. The van der Waals surface area contributed by atoms with Crippen molar-refractivity contribution < 1.29 is 9.90 Å². The second-order valence-electron chi connectivity index (χ2n) is 3.12. The highest BCUT2D eigenvalue weighted by Gasteiger charge is 2.35. The third-order valence-electron chi connectivity index (χ3n) is 2.25. The molecule has 0 heterocycles. The highest BCUT2D eigenvalue weighted by molar-refractivity contribution is 6.29. The van der Waals surface area contributed by atoms with Crippen LogP contribution >= 0.6 is 23.2 Å². The Hall–Kier alpha value is 0.210. The Labute approximate surface area is 81.9 Å². The average Bonchev–Trinajstić information content (AvgIpc) is 2.03. The van der Waals surface area contributed by atoms with E-state index in [0.717, 1.165) is 6.42 Å². The summed E-state index contributed by atoms with van der Waals surface area (Å²) in [6, 6.07) is 0. The van der Waals surface area contributed by atoms with Gasteiger partial charge in [0.1, 0.15) is 5.78 Å². The molecule has 0 radical (unpaired) electrons. The predicted octanol–water partition coefficient (Wildman–Crippen LogP) is 1.56. The van der Waals surface area contributed by atoms with E-state index in [2.05, 4.69) is 0 Å². The monoisotopic (exact) mass is 210 g/mol. The average molecular weight is 211 g/mol. The largest absolute Gasteiger partial charge is 0.392 e. The van der Waals surface area contributed by atoms with Crippen molar-refractivity contribution in [1.82, 2.24) is 0 Å². The van der Waals surface area contributed by atoms with Crippen LogP contribution in [-0.2, 0) is 4.79 Å². The van der Waals surface area contributed by atoms with Crippen LogP contribution in [0.5, 0.6) is 0 Å². The van der Waals surface area contributed by atoms with Crippen molar-refractivity contribution in [2.24, 2.45) is 5.92 Å². The highest BCUT2D eigenvalue weighted by atomic mass is 35.5. The highest BCUT2D eigenvalue weighted by Crippen LogP contribution is 2.27. The second-order valence-corrected chi connectivity index (χ2v) is 3.99. The summed E-state index contributed by atoms with van der Waals surface area (Å²) in [5.74, 6) is -0.179. The summed E-state index contributed by atoms with van der Waals surface area (Å²) in [5, 5.41) is 9.06. The standard InChI is InChI=1S/C8H12Cl2O2/c9-4-5(10)8-6(11)2-1-3-7(8)12/h5-6,8,11H,1-4H2. The third-order valence-corrected chi connectivity index (χ3v) is 3.16. The Balaban J connectivity index is 2.62. The number of alkyl halides is 2. The maximum absolute atomic E-state index is 11.3. The molecule has 3 unspecified atom stereocenters. The Morgan fingerprint density at radius 2 is 2.33 bits per heavy atom. The molecule has 0 aromatic rings. The number of rotatable bonds is 2. The Bertz CT molecular complexity index is 168. The molecule has 0 amide bonds.